The summed E-state index contributed by atoms with van der Waals surface area (Å²) in [4.78, 5) is 11.5. The van der Waals surface area contributed by atoms with Crippen molar-refractivity contribution >= 4 is 5.78 Å². The number of rotatable bonds is 2. The van der Waals surface area contributed by atoms with E-state index in [1.165, 1.54) is 6.92 Å². The van der Waals surface area contributed by atoms with Gasteiger partial charge < -0.3 is 5.11 Å². The van der Waals surface area contributed by atoms with Crippen molar-refractivity contribution in [2.45, 2.75) is 45.6 Å². The SMILES string of the molecule is C=C(C)C1CCC(C)CC1(O)C(C)=O. The Morgan fingerprint density at radius 1 is 1.43 bits per heavy atom. The largest absolute Gasteiger partial charge is 0.381 e. The summed E-state index contributed by atoms with van der Waals surface area (Å²) in [6.45, 7) is 9.33. The first-order valence-electron chi connectivity index (χ1n) is 5.26. The van der Waals surface area contributed by atoms with Crippen molar-refractivity contribution in [2.75, 3.05) is 0 Å². The van der Waals surface area contributed by atoms with Crippen LogP contribution in [-0.4, -0.2) is 16.5 Å². The van der Waals surface area contributed by atoms with Gasteiger partial charge in [-0.15, -0.1) is 0 Å². The van der Waals surface area contributed by atoms with Crippen LogP contribution in [0.5, 0.6) is 0 Å². The first kappa shape index (κ1) is 11.4. The van der Waals surface area contributed by atoms with Crippen LogP contribution in [-0.2, 0) is 4.79 Å². The molecule has 0 bridgehead atoms. The molecule has 0 spiro atoms. The van der Waals surface area contributed by atoms with Crippen LogP contribution in [0.3, 0.4) is 0 Å². The lowest BCUT2D eigenvalue weighted by atomic mass is 9.67. The fourth-order valence-corrected chi connectivity index (χ4v) is 2.51. The van der Waals surface area contributed by atoms with E-state index >= 15 is 0 Å². The molecule has 2 heteroatoms. The Labute approximate surface area is 86.0 Å². The van der Waals surface area contributed by atoms with Crippen LogP contribution in [0.1, 0.15) is 40.0 Å². The zero-order chi connectivity index (χ0) is 10.9. The lowest BCUT2D eigenvalue weighted by Gasteiger charge is -2.41. The van der Waals surface area contributed by atoms with Gasteiger partial charge in [-0.25, -0.2) is 0 Å². The number of Topliss-reactive ketones (excluding diaryl/α,β-unsaturated/α-hetero) is 1. The minimum atomic E-state index is -1.15. The minimum absolute atomic E-state index is 0.0452. The van der Waals surface area contributed by atoms with Crippen LogP contribution in [0, 0.1) is 11.8 Å². The van der Waals surface area contributed by atoms with Crippen molar-refractivity contribution in [1.82, 2.24) is 0 Å². The zero-order valence-electron chi connectivity index (χ0n) is 9.34. The highest BCUT2D eigenvalue weighted by Gasteiger charge is 2.45. The van der Waals surface area contributed by atoms with Gasteiger partial charge in [-0.1, -0.05) is 19.1 Å². The van der Waals surface area contributed by atoms with Crippen LogP contribution in [0.2, 0.25) is 0 Å². The molecule has 2 nitrogen and oxygen atoms in total. The predicted octanol–water partition coefficient (Wildman–Crippen LogP) is 2.32. The molecule has 0 radical (unpaired) electrons. The van der Waals surface area contributed by atoms with Gasteiger partial charge in [-0.05, 0) is 39.0 Å². The van der Waals surface area contributed by atoms with Crippen LogP contribution in [0.4, 0.5) is 0 Å². The Morgan fingerprint density at radius 2 is 2.00 bits per heavy atom. The quantitative estimate of drug-likeness (QED) is 0.688. The van der Waals surface area contributed by atoms with E-state index in [-0.39, 0.29) is 11.7 Å². The molecule has 1 N–H and O–H groups in total. The van der Waals surface area contributed by atoms with Gasteiger partial charge in [-0.2, -0.15) is 0 Å². The average Bonchev–Trinajstić information content (AvgIpc) is 2.02. The average molecular weight is 196 g/mol. The molecule has 0 aromatic rings. The molecule has 1 aliphatic rings. The molecule has 0 saturated heterocycles. The Kier molecular flexibility index (Phi) is 3.15. The van der Waals surface area contributed by atoms with Gasteiger partial charge in [0.25, 0.3) is 0 Å². The van der Waals surface area contributed by atoms with Crippen molar-refractivity contribution in [1.29, 1.82) is 0 Å². The summed E-state index contributed by atoms with van der Waals surface area (Å²) >= 11 is 0. The summed E-state index contributed by atoms with van der Waals surface area (Å²) < 4.78 is 0. The smallest absolute Gasteiger partial charge is 0.161 e. The standard InChI is InChI=1S/C12H20O2/c1-8(2)11-6-5-9(3)7-12(11,14)10(4)13/h9,11,14H,1,5-7H2,2-4H3. The van der Waals surface area contributed by atoms with E-state index in [0.717, 1.165) is 18.4 Å². The second-order valence-electron chi connectivity index (χ2n) is 4.77. The lowest BCUT2D eigenvalue weighted by molar-refractivity contribution is -0.145. The highest BCUT2D eigenvalue weighted by Crippen LogP contribution is 2.40. The monoisotopic (exact) mass is 196 g/mol. The fraction of sp³-hybridized carbons (Fsp3) is 0.750. The van der Waals surface area contributed by atoms with Gasteiger partial charge in [0.1, 0.15) is 5.60 Å². The number of carbonyl (C=O) groups is 1. The molecule has 3 unspecified atom stereocenters. The molecule has 1 aliphatic carbocycles. The zero-order valence-corrected chi connectivity index (χ0v) is 9.34. The number of ketones is 1. The normalized spacial score (nSPS) is 38.0. The van der Waals surface area contributed by atoms with E-state index in [0.29, 0.717) is 12.3 Å². The molecule has 14 heavy (non-hydrogen) atoms. The summed E-state index contributed by atoms with van der Waals surface area (Å²) in [6.07, 6.45) is 2.54. The first-order chi connectivity index (χ1) is 6.38. The molecular weight excluding hydrogens is 176 g/mol. The molecule has 0 aliphatic heterocycles. The summed E-state index contributed by atoms with van der Waals surface area (Å²) in [5.74, 6) is 0.271. The van der Waals surface area contributed by atoms with Gasteiger partial charge in [0.05, 0.1) is 0 Å². The van der Waals surface area contributed by atoms with E-state index in [1.54, 1.807) is 0 Å². The van der Waals surface area contributed by atoms with Crippen molar-refractivity contribution in [3.8, 4) is 0 Å². The molecule has 0 aromatic heterocycles. The molecule has 1 saturated carbocycles. The number of hydrogen-bond donors (Lipinski definition) is 1. The fourth-order valence-electron chi connectivity index (χ4n) is 2.51. The van der Waals surface area contributed by atoms with Crippen molar-refractivity contribution in [2.24, 2.45) is 11.8 Å². The third-order valence-corrected chi connectivity index (χ3v) is 3.39. The molecule has 0 aromatic carbocycles. The van der Waals surface area contributed by atoms with E-state index < -0.39 is 5.60 Å². The van der Waals surface area contributed by atoms with Crippen LogP contribution < -0.4 is 0 Å². The Bertz CT molecular complexity index is 257. The summed E-state index contributed by atoms with van der Waals surface area (Å²) in [6, 6.07) is 0. The highest BCUT2D eigenvalue weighted by molar-refractivity contribution is 5.85. The number of hydrogen-bond acceptors (Lipinski definition) is 2. The van der Waals surface area contributed by atoms with Crippen molar-refractivity contribution in [3.63, 3.8) is 0 Å². The van der Waals surface area contributed by atoms with Crippen LogP contribution in [0.15, 0.2) is 12.2 Å². The maximum atomic E-state index is 11.5. The van der Waals surface area contributed by atoms with Gasteiger partial charge in [0.2, 0.25) is 0 Å². The first-order valence-corrected chi connectivity index (χ1v) is 5.26. The molecule has 0 heterocycles. The third-order valence-electron chi connectivity index (χ3n) is 3.39. The Hall–Kier alpha value is -0.630. The van der Waals surface area contributed by atoms with Gasteiger partial charge in [0, 0.05) is 5.92 Å². The Morgan fingerprint density at radius 3 is 2.43 bits per heavy atom. The third kappa shape index (κ3) is 1.90. The van der Waals surface area contributed by atoms with Gasteiger partial charge >= 0.3 is 0 Å². The molecular formula is C12H20O2. The van der Waals surface area contributed by atoms with Crippen LogP contribution in [0.25, 0.3) is 0 Å². The summed E-state index contributed by atoms with van der Waals surface area (Å²) in [5, 5.41) is 10.3. The van der Waals surface area contributed by atoms with Crippen molar-refractivity contribution in [3.05, 3.63) is 12.2 Å². The second kappa shape index (κ2) is 3.85. The van der Waals surface area contributed by atoms with E-state index in [2.05, 4.69) is 13.5 Å². The molecule has 1 fully saturated rings. The van der Waals surface area contributed by atoms with Gasteiger partial charge in [0.15, 0.2) is 5.78 Å². The number of aliphatic hydroxyl groups is 1. The maximum Gasteiger partial charge on any atom is 0.161 e. The lowest BCUT2D eigenvalue weighted by Crippen LogP contribution is -2.49. The van der Waals surface area contributed by atoms with E-state index in [1.807, 2.05) is 6.92 Å². The van der Waals surface area contributed by atoms with E-state index in [9.17, 15) is 9.90 Å². The minimum Gasteiger partial charge on any atom is -0.381 e. The highest BCUT2D eigenvalue weighted by atomic mass is 16.3. The summed E-state index contributed by atoms with van der Waals surface area (Å²) in [7, 11) is 0. The molecule has 1 rings (SSSR count). The van der Waals surface area contributed by atoms with E-state index in [4.69, 9.17) is 0 Å². The topological polar surface area (TPSA) is 37.3 Å². The van der Waals surface area contributed by atoms with Crippen LogP contribution >= 0.6 is 0 Å². The van der Waals surface area contributed by atoms with Crippen molar-refractivity contribution < 1.29 is 9.90 Å². The maximum absolute atomic E-state index is 11.5. The predicted molar refractivity (Wildman–Crippen MR) is 56.9 cm³/mol. The second-order valence-corrected chi connectivity index (χ2v) is 4.77. The molecule has 3 atom stereocenters. The molecule has 80 valence electrons. The Balaban J connectivity index is 2.94. The summed E-state index contributed by atoms with van der Waals surface area (Å²) in [5.41, 5.74) is -0.224. The number of carbonyl (C=O) groups excluding carboxylic acids is 1. The molecule has 0 amide bonds. The van der Waals surface area contributed by atoms with Gasteiger partial charge in [-0.3, -0.25) is 4.79 Å².